The molecule has 1 aliphatic heterocycles. The van der Waals surface area contributed by atoms with Gasteiger partial charge in [0.1, 0.15) is 11.6 Å². The van der Waals surface area contributed by atoms with Gasteiger partial charge in [0.25, 0.3) is 5.69 Å². The summed E-state index contributed by atoms with van der Waals surface area (Å²) in [5.41, 5.74) is 1.68. The van der Waals surface area contributed by atoms with Crippen LogP contribution in [0.25, 0.3) is 6.08 Å². The average Bonchev–Trinajstić information content (AvgIpc) is 3.18. The molecule has 3 aromatic rings. The number of carbonyl (C=O) groups excluding carboxylic acids is 1. The lowest BCUT2D eigenvalue weighted by atomic mass is 10.1. The van der Waals surface area contributed by atoms with E-state index in [0.29, 0.717) is 23.7 Å². The van der Waals surface area contributed by atoms with E-state index in [9.17, 15) is 14.9 Å². The molecule has 0 saturated carbocycles. The van der Waals surface area contributed by atoms with E-state index >= 15 is 0 Å². The highest BCUT2D eigenvalue weighted by molar-refractivity contribution is 14.1. The number of cyclic esters (lactones) is 1. The molecule has 0 fully saturated rings. The number of halogens is 3. The number of benzene rings is 3. The molecule has 178 valence electrons. The Balaban J connectivity index is 1.61. The second kappa shape index (κ2) is 10.9. The van der Waals surface area contributed by atoms with Crippen molar-refractivity contribution in [2.24, 2.45) is 4.99 Å². The maximum absolute atomic E-state index is 12.4. The molecule has 0 radical (unpaired) electrons. The van der Waals surface area contributed by atoms with Crippen molar-refractivity contribution in [1.82, 2.24) is 0 Å². The molecule has 35 heavy (non-hydrogen) atoms. The number of esters is 1. The van der Waals surface area contributed by atoms with Crippen molar-refractivity contribution in [2.45, 2.75) is 6.61 Å². The SMILES string of the molecule is COc1cc(/C=C2\N=C(c3ccc(Cl)c([N+](=O)[O-])c3)OC2=O)cc(I)c1OCc1cccc(I)c1. The average molecular weight is 717 g/mol. The minimum absolute atomic E-state index is 0.0228. The summed E-state index contributed by atoms with van der Waals surface area (Å²) in [6, 6.07) is 15.6. The van der Waals surface area contributed by atoms with Crippen LogP contribution in [-0.2, 0) is 16.1 Å². The lowest BCUT2D eigenvalue weighted by Crippen LogP contribution is -2.06. The van der Waals surface area contributed by atoms with Crippen LogP contribution < -0.4 is 9.47 Å². The first kappa shape index (κ1) is 25.4. The van der Waals surface area contributed by atoms with E-state index in [0.717, 1.165) is 12.7 Å². The zero-order valence-electron chi connectivity index (χ0n) is 18.0. The zero-order chi connectivity index (χ0) is 25.1. The Morgan fingerprint density at radius 3 is 2.69 bits per heavy atom. The van der Waals surface area contributed by atoms with Crippen LogP contribution in [0, 0.1) is 17.3 Å². The third-order valence-electron chi connectivity index (χ3n) is 4.84. The molecule has 0 bridgehead atoms. The van der Waals surface area contributed by atoms with Gasteiger partial charge in [-0.15, -0.1) is 0 Å². The minimum Gasteiger partial charge on any atom is -0.493 e. The molecule has 0 amide bonds. The fraction of sp³-hybridized carbons (Fsp3) is 0.0833. The highest BCUT2D eigenvalue weighted by Gasteiger charge is 2.26. The van der Waals surface area contributed by atoms with Gasteiger partial charge in [-0.1, -0.05) is 23.7 Å². The maximum Gasteiger partial charge on any atom is 0.363 e. The summed E-state index contributed by atoms with van der Waals surface area (Å²) in [6.45, 7) is 0.372. The molecule has 11 heteroatoms. The summed E-state index contributed by atoms with van der Waals surface area (Å²) in [5, 5.41) is 11.1. The van der Waals surface area contributed by atoms with Crippen LogP contribution in [0.1, 0.15) is 16.7 Å². The van der Waals surface area contributed by atoms with Crippen LogP contribution in [-0.4, -0.2) is 23.9 Å². The van der Waals surface area contributed by atoms with Gasteiger partial charge in [0.2, 0.25) is 5.90 Å². The largest absolute Gasteiger partial charge is 0.493 e. The third kappa shape index (κ3) is 5.93. The van der Waals surface area contributed by atoms with Gasteiger partial charge >= 0.3 is 5.97 Å². The normalized spacial score (nSPS) is 14.0. The van der Waals surface area contributed by atoms with E-state index in [4.69, 9.17) is 25.8 Å². The summed E-state index contributed by atoms with van der Waals surface area (Å²) < 4.78 is 18.7. The number of carbonyl (C=O) groups is 1. The highest BCUT2D eigenvalue weighted by Crippen LogP contribution is 2.36. The molecule has 0 atom stereocenters. The Kier molecular flexibility index (Phi) is 7.91. The molecular weight excluding hydrogens is 702 g/mol. The van der Waals surface area contributed by atoms with Gasteiger partial charge in [-0.3, -0.25) is 10.1 Å². The van der Waals surface area contributed by atoms with Gasteiger partial charge in [-0.05, 0) is 98.8 Å². The quantitative estimate of drug-likeness (QED) is 0.0925. The third-order valence-corrected chi connectivity index (χ3v) is 6.63. The molecule has 0 unspecified atom stereocenters. The number of ether oxygens (including phenoxy) is 3. The second-order valence-corrected chi connectivity index (χ2v) is 10.0. The Morgan fingerprint density at radius 2 is 1.97 bits per heavy atom. The molecule has 0 aromatic heterocycles. The summed E-state index contributed by atoms with van der Waals surface area (Å²) in [5.74, 6) is 0.366. The number of nitro groups is 1. The fourth-order valence-electron chi connectivity index (χ4n) is 3.22. The highest BCUT2D eigenvalue weighted by atomic mass is 127. The van der Waals surface area contributed by atoms with Crippen molar-refractivity contribution >= 4 is 80.4 Å². The first-order valence-electron chi connectivity index (χ1n) is 9.97. The van der Waals surface area contributed by atoms with Crippen LogP contribution in [0.4, 0.5) is 5.69 Å². The van der Waals surface area contributed by atoms with Gasteiger partial charge < -0.3 is 14.2 Å². The van der Waals surface area contributed by atoms with Crippen LogP contribution >= 0.6 is 56.8 Å². The molecule has 0 N–H and O–H groups in total. The monoisotopic (exact) mass is 716 g/mol. The Morgan fingerprint density at radius 1 is 1.17 bits per heavy atom. The van der Waals surface area contributed by atoms with Crippen LogP contribution in [0.2, 0.25) is 5.02 Å². The summed E-state index contributed by atoms with van der Waals surface area (Å²) in [6.07, 6.45) is 1.55. The van der Waals surface area contributed by atoms with E-state index in [2.05, 4.69) is 50.2 Å². The van der Waals surface area contributed by atoms with Crippen LogP contribution in [0.5, 0.6) is 11.5 Å². The van der Waals surface area contributed by atoms with Crippen molar-refractivity contribution in [3.8, 4) is 11.5 Å². The first-order valence-corrected chi connectivity index (χ1v) is 12.5. The lowest BCUT2D eigenvalue weighted by molar-refractivity contribution is -0.384. The molecule has 1 aliphatic rings. The van der Waals surface area contributed by atoms with Gasteiger partial charge in [0.15, 0.2) is 17.2 Å². The number of hydrogen-bond acceptors (Lipinski definition) is 7. The molecule has 0 saturated heterocycles. The number of methoxy groups -OCH3 is 1. The summed E-state index contributed by atoms with van der Waals surface area (Å²) in [7, 11) is 1.54. The van der Waals surface area contributed by atoms with E-state index < -0.39 is 10.9 Å². The maximum atomic E-state index is 12.4. The molecule has 4 rings (SSSR count). The summed E-state index contributed by atoms with van der Waals surface area (Å²) >= 11 is 10.2. The topological polar surface area (TPSA) is 100 Å². The smallest absolute Gasteiger partial charge is 0.363 e. The van der Waals surface area contributed by atoms with Gasteiger partial charge in [0, 0.05) is 15.2 Å². The van der Waals surface area contributed by atoms with Gasteiger partial charge in [0.05, 0.1) is 15.6 Å². The first-order chi connectivity index (χ1) is 16.7. The number of rotatable bonds is 7. The Labute approximate surface area is 232 Å². The second-order valence-electron chi connectivity index (χ2n) is 7.21. The van der Waals surface area contributed by atoms with Crippen molar-refractivity contribution < 1.29 is 23.9 Å². The number of aliphatic imine (C=N–C) groups is 1. The van der Waals surface area contributed by atoms with Crippen LogP contribution in [0.15, 0.2) is 65.3 Å². The van der Waals surface area contributed by atoms with E-state index in [1.54, 1.807) is 12.1 Å². The van der Waals surface area contributed by atoms with Gasteiger partial charge in [-0.25, -0.2) is 9.79 Å². The van der Waals surface area contributed by atoms with Crippen LogP contribution in [0.3, 0.4) is 0 Å². The molecule has 1 heterocycles. The van der Waals surface area contributed by atoms with E-state index in [-0.39, 0.29) is 27.9 Å². The van der Waals surface area contributed by atoms with Crippen molar-refractivity contribution in [3.63, 3.8) is 0 Å². The molecule has 3 aromatic carbocycles. The Bertz CT molecular complexity index is 1410. The molecule has 0 aliphatic carbocycles. The predicted molar refractivity (Wildman–Crippen MR) is 148 cm³/mol. The van der Waals surface area contributed by atoms with E-state index in [1.165, 1.54) is 25.3 Å². The number of hydrogen-bond donors (Lipinski definition) is 0. The Hall–Kier alpha value is -2.71. The standard InChI is InChI=1S/C24H15ClI2N2O6/c1-33-21-10-14(8-18(27)22(21)34-12-13-3-2-4-16(26)7-13)9-19-24(30)35-23(28-19)15-5-6-17(25)20(11-15)29(31)32/h2-11H,12H2,1H3/b19-9-. The minimum atomic E-state index is -0.675. The fourth-order valence-corrected chi connectivity index (χ4v) is 4.80. The van der Waals surface area contributed by atoms with Crippen molar-refractivity contribution in [2.75, 3.05) is 7.11 Å². The van der Waals surface area contributed by atoms with Crippen molar-refractivity contribution in [1.29, 1.82) is 0 Å². The van der Waals surface area contributed by atoms with E-state index in [1.807, 2.05) is 30.3 Å². The molecular formula is C24H15ClI2N2O6. The molecule has 8 nitrogen and oxygen atoms in total. The predicted octanol–water partition coefficient (Wildman–Crippen LogP) is 6.39. The lowest BCUT2D eigenvalue weighted by Gasteiger charge is -2.14. The summed E-state index contributed by atoms with van der Waals surface area (Å²) in [4.78, 5) is 27.2. The van der Waals surface area contributed by atoms with Crippen molar-refractivity contribution in [3.05, 3.63) is 99.3 Å². The number of nitro benzene ring substituents is 1. The van der Waals surface area contributed by atoms with Gasteiger partial charge in [-0.2, -0.15) is 0 Å². The zero-order valence-corrected chi connectivity index (χ0v) is 23.0. The molecule has 0 spiro atoms. The number of nitrogens with zero attached hydrogens (tertiary/aromatic N) is 2.